The van der Waals surface area contributed by atoms with Crippen LogP contribution in [0.5, 0.6) is 0 Å². The molecule has 182 valence electrons. The molecule has 5 rings (SSSR count). The molecule has 0 aromatic heterocycles. The maximum atomic E-state index is 12.6. The van der Waals surface area contributed by atoms with Crippen LogP contribution in [0.3, 0.4) is 0 Å². The lowest BCUT2D eigenvalue weighted by molar-refractivity contribution is -0.210. The van der Waals surface area contributed by atoms with Gasteiger partial charge in [0.05, 0.1) is 5.41 Å². The van der Waals surface area contributed by atoms with E-state index in [1.54, 1.807) is 6.08 Å². The molecule has 0 heterocycles. The van der Waals surface area contributed by atoms with Gasteiger partial charge in [-0.3, -0.25) is 9.59 Å². The summed E-state index contributed by atoms with van der Waals surface area (Å²) >= 11 is 0. The molecule has 8 atom stereocenters. The predicted molar refractivity (Wildman–Crippen MR) is 129 cm³/mol. The Morgan fingerprint density at radius 3 is 2.27 bits per heavy atom. The summed E-state index contributed by atoms with van der Waals surface area (Å²) in [5.41, 5.74) is 1.75. The van der Waals surface area contributed by atoms with E-state index in [4.69, 9.17) is 0 Å². The van der Waals surface area contributed by atoms with Crippen LogP contribution in [0.25, 0.3) is 0 Å². The first-order chi connectivity index (χ1) is 15.2. The summed E-state index contributed by atoms with van der Waals surface area (Å²) in [6.07, 6.45) is 11.0. The standard InChI is InChI=1S/C29H42O4/c1-17-23(31)21(30)15-20-18-7-10-29(6)22-16-26(3,24(32)33)12-11-25(22,2)13-14-28(29,5)19(18)8-9-27(17,20)4/h15,18-19,22,31H,7-14,16H2,1-6H3,(H,32,33)/t18-,19-,22-,25-,26-,27-,28-,29+/m1/s1. The number of aliphatic hydroxyl groups is 1. The Kier molecular flexibility index (Phi) is 4.75. The second-order valence-corrected chi connectivity index (χ2v) is 13.7. The summed E-state index contributed by atoms with van der Waals surface area (Å²) < 4.78 is 0. The number of hydrogen-bond donors (Lipinski definition) is 2. The van der Waals surface area contributed by atoms with Gasteiger partial charge in [0.15, 0.2) is 5.76 Å². The highest BCUT2D eigenvalue weighted by Gasteiger charge is 2.67. The van der Waals surface area contributed by atoms with E-state index in [0.29, 0.717) is 17.8 Å². The zero-order valence-corrected chi connectivity index (χ0v) is 21.4. The second kappa shape index (κ2) is 6.76. The molecule has 5 aliphatic rings. The van der Waals surface area contributed by atoms with Gasteiger partial charge >= 0.3 is 5.97 Å². The Balaban J connectivity index is 1.55. The second-order valence-electron chi connectivity index (χ2n) is 13.7. The van der Waals surface area contributed by atoms with Crippen LogP contribution in [-0.4, -0.2) is 22.0 Å². The predicted octanol–water partition coefficient (Wildman–Crippen LogP) is 6.86. The minimum Gasteiger partial charge on any atom is -0.504 e. The molecule has 0 aliphatic heterocycles. The van der Waals surface area contributed by atoms with Crippen LogP contribution in [0.1, 0.15) is 99.3 Å². The Morgan fingerprint density at radius 1 is 0.939 bits per heavy atom. The van der Waals surface area contributed by atoms with Crippen molar-refractivity contribution in [1.82, 2.24) is 0 Å². The van der Waals surface area contributed by atoms with Crippen LogP contribution in [0, 0.1) is 44.8 Å². The number of rotatable bonds is 1. The number of hydrogen-bond acceptors (Lipinski definition) is 3. The van der Waals surface area contributed by atoms with E-state index in [0.717, 1.165) is 50.5 Å². The molecule has 0 aromatic carbocycles. The fourth-order valence-electron chi connectivity index (χ4n) is 9.64. The zero-order valence-electron chi connectivity index (χ0n) is 21.4. The SMILES string of the molecule is CC1=C(O)C(=O)C=C2[C@@H]3CC[C@@]4(C)[C@@H]5C[C@](C)(C(=O)O)CC[C@]5(C)CC[C@]4(C)[C@@H]3CC[C@@]21C. The van der Waals surface area contributed by atoms with Crippen LogP contribution in [0.15, 0.2) is 23.0 Å². The molecule has 0 unspecified atom stereocenters. The number of allylic oxidation sites excluding steroid dienone is 3. The molecule has 0 radical (unpaired) electrons. The molecule has 2 N–H and O–H groups in total. The van der Waals surface area contributed by atoms with Gasteiger partial charge in [0, 0.05) is 5.41 Å². The molecule has 4 nitrogen and oxygen atoms in total. The van der Waals surface area contributed by atoms with E-state index in [1.165, 1.54) is 18.4 Å². The molecule has 4 fully saturated rings. The summed E-state index contributed by atoms with van der Waals surface area (Å²) in [4.78, 5) is 24.9. The lowest BCUT2D eigenvalue weighted by Gasteiger charge is -2.71. The first-order valence-corrected chi connectivity index (χ1v) is 13.1. The highest BCUT2D eigenvalue weighted by atomic mass is 16.4. The normalized spacial score (nSPS) is 51.6. The minimum absolute atomic E-state index is 0.0462. The van der Waals surface area contributed by atoms with E-state index >= 15 is 0 Å². The van der Waals surface area contributed by atoms with Gasteiger partial charge in [-0.1, -0.05) is 33.3 Å². The molecule has 0 spiro atoms. The van der Waals surface area contributed by atoms with E-state index in [9.17, 15) is 19.8 Å². The highest BCUT2D eigenvalue weighted by Crippen LogP contribution is 2.75. The van der Waals surface area contributed by atoms with Gasteiger partial charge < -0.3 is 10.2 Å². The molecule has 0 amide bonds. The summed E-state index contributed by atoms with van der Waals surface area (Å²) in [5.74, 6) is 0.414. The lowest BCUT2D eigenvalue weighted by Crippen LogP contribution is -2.63. The Morgan fingerprint density at radius 2 is 1.61 bits per heavy atom. The number of ketones is 1. The Labute approximate surface area is 198 Å². The van der Waals surface area contributed by atoms with Crippen LogP contribution in [0.2, 0.25) is 0 Å². The number of fused-ring (bicyclic) bond motifs is 7. The van der Waals surface area contributed by atoms with E-state index in [1.807, 2.05) is 13.8 Å². The van der Waals surface area contributed by atoms with Gasteiger partial charge in [-0.25, -0.2) is 0 Å². The van der Waals surface area contributed by atoms with Crippen LogP contribution >= 0.6 is 0 Å². The summed E-state index contributed by atoms with van der Waals surface area (Å²) in [6.45, 7) is 13.6. The molecule has 0 bridgehead atoms. The first kappa shape index (κ1) is 23.2. The number of carbonyl (C=O) groups is 2. The Bertz CT molecular complexity index is 992. The number of carboxylic acids is 1. The van der Waals surface area contributed by atoms with E-state index < -0.39 is 11.4 Å². The zero-order chi connectivity index (χ0) is 24.2. The average Bonchev–Trinajstić information content (AvgIpc) is 2.76. The number of carboxylic acid groups (broad SMARTS) is 1. The van der Waals surface area contributed by atoms with Crippen molar-refractivity contribution in [2.45, 2.75) is 99.3 Å². The largest absolute Gasteiger partial charge is 0.504 e. The van der Waals surface area contributed by atoms with E-state index in [2.05, 4.69) is 27.7 Å². The van der Waals surface area contributed by atoms with E-state index in [-0.39, 0.29) is 33.2 Å². The van der Waals surface area contributed by atoms with Gasteiger partial charge in [-0.15, -0.1) is 0 Å². The Hall–Kier alpha value is -1.58. The van der Waals surface area contributed by atoms with Gasteiger partial charge in [-0.05, 0) is 117 Å². The quantitative estimate of drug-likeness (QED) is 0.454. The third-order valence-electron chi connectivity index (χ3n) is 12.5. The number of aliphatic carboxylic acids is 1. The lowest BCUT2D eigenvalue weighted by atomic mass is 9.33. The van der Waals surface area contributed by atoms with Crippen molar-refractivity contribution < 1.29 is 19.8 Å². The monoisotopic (exact) mass is 454 g/mol. The molecular weight excluding hydrogens is 412 g/mol. The number of carbonyl (C=O) groups excluding carboxylic acids is 1. The fourth-order valence-corrected chi connectivity index (χ4v) is 9.64. The van der Waals surface area contributed by atoms with Crippen molar-refractivity contribution >= 4 is 11.8 Å². The van der Waals surface area contributed by atoms with Crippen LogP contribution < -0.4 is 0 Å². The molecule has 4 heteroatoms. The molecule has 0 aromatic rings. The molecule has 5 aliphatic carbocycles. The van der Waals surface area contributed by atoms with Crippen molar-refractivity contribution in [2.75, 3.05) is 0 Å². The average molecular weight is 455 g/mol. The summed E-state index contributed by atoms with van der Waals surface area (Å²) in [7, 11) is 0. The molecule has 0 saturated heterocycles. The first-order valence-electron chi connectivity index (χ1n) is 13.1. The third kappa shape index (κ3) is 2.76. The van der Waals surface area contributed by atoms with Gasteiger partial charge in [0.1, 0.15) is 0 Å². The van der Waals surface area contributed by atoms with Crippen molar-refractivity contribution in [2.24, 2.45) is 44.8 Å². The third-order valence-corrected chi connectivity index (χ3v) is 12.5. The summed E-state index contributed by atoms with van der Waals surface area (Å²) in [5, 5.41) is 20.5. The van der Waals surface area contributed by atoms with Crippen LogP contribution in [0.4, 0.5) is 0 Å². The molecule has 4 saturated carbocycles. The van der Waals surface area contributed by atoms with Gasteiger partial charge in [0.2, 0.25) is 5.78 Å². The minimum atomic E-state index is -0.629. The van der Waals surface area contributed by atoms with Crippen molar-refractivity contribution in [3.05, 3.63) is 23.0 Å². The fraction of sp³-hybridized carbons (Fsp3) is 0.793. The van der Waals surface area contributed by atoms with Gasteiger partial charge in [0.25, 0.3) is 0 Å². The van der Waals surface area contributed by atoms with Crippen molar-refractivity contribution in [1.29, 1.82) is 0 Å². The van der Waals surface area contributed by atoms with Gasteiger partial charge in [-0.2, -0.15) is 0 Å². The van der Waals surface area contributed by atoms with Crippen molar-refractivity contribution in [3.8, 4) is 0 Å². The maximum absolute atomic E-state index is 12.6. The maximum Gasteiger partial charge on any atom is 0.309 e. The van der Waals surface area contributed by atoms with Crippen LogP contribution in [-0.2, 0) is 9.59 Å². The molecule has 33 heavy (non-hydrogen) atoms. The highest BCUT2D eigenvalue weighted by molar-refractivity contribution is 6.04. The molecular formula is C29H42O4. The smallest absolute Gasteiger partial charge is 0.309 e. The summed E-state index contributed by atoms with van der Waals surface area (Å²) in [6, 6.07) is 0. The van der Waals surface area contributed by atoms with Crippen molar-refractivity contribution in [3.63, 3.8) is 0 Å². The number of aliphatic hydroxyl groups excluding tert-OH is 1. The topological polar surface area (TPSA) is 74.6 Å².